The highest BCUT2D eigenvalue weighted by Crippen LogP contribution is 1.86. The van der Waals surface area contributed by atoms with Gasteiger partial charge in [-0.2, -0.15) is 0 Å². The Morgan fingerprint density at radius 2 is 1.20 bits per heavy atom. The van der Waals surface area contributed by atoms with Gasteiger partial charge in [0.1, 0.15) is 0 Å². The Hall–Kier alpha value is -2.36. The van der Waals surface area contributed by atoms with Crippen molar-refractivity contribution in [2.24, 2.45) is 0 Å². The third kappa shape index (κ3) is 14.9. The summed E-state index contributed by atoms with van der Waals surface area (Å²) in [6, 6.07) is 0.171. The second-order valence-electron chi connectivity index (χ2n) is 5.82. The molecule has 0 aromatic carbocycles. The molecular formula is C15H29N5O5. The minimum atomic E-state index is -0.555. The molecule has 0 atom stereocenters. The molecule has 0 rings (SSSR count). The van der Waals surface area contributed by atoms with Crippen molar-refractivity contribution in [3.63, 3.8) is 0 Å². The summed E-state index contributed by atoms with van der Waals surface area (Å²) in [4.78, 5) is 45.6. The molecule has 0 saturated heterocycles. The van der Waals surface area contributed by atoms with Crippen LogP contribution >= 0.6 is 0 Å². The number of nitrogens with one attached hydrogen (secondary N) is 5. The van der Waals surface area contributed by atoms with E-state index in [4.69, 9.17) is 4.74 Å². The third-order valence-corrected chi connectivity index (χ3v) is 2.62. The molecule has 0 aliphatic carbocycles. The zero-order valence-electron chi connectivity index (χ0n) is 15.2. The van der Waals surface area contributed by atoms with Crippen LogP contribution < -0.4 is 26.6 Å². The van der Waals surface area contributed by atoms with Crippen LogP contribution in [0, 0.1) is 0 Å². The number of carbonyl (C=O) groups is 4. The first-order valence-electron chi connectivity index (χ1n) is 8.18. The van der Waals surface area contributed by atoms with Gasteiger partial charge in [-0.25, -0.2) is 4.79 Å². The number of rotatable bonds is 11. The van der Waals surface area contributed by atoms with Gasteiger partial charge in [0.25, 0.3) is 0 Å². The summed E-state index contributed by atoms with van der Waals surface area (Å²) in [5.41, 5.74) is 0. The molecule has 144 valence electrons. The molecule has 0 heterocycles. The molecule has 10 heteroatoms. The Bertz CT molecular complexity index is 454. The number of hydrogen-bond acceptors (Lipinski definition) is 6. The second-order valence-corrected chi connectivity index (χ2v) is 5.82. The van der Waals surface area contributed by atoms with Gasteiger partial charge in [-0.15, -0.1) is 0 Å². The highest BCUT2D eigenvalue weighted by atomic mass is 16.6. The molecule has 10 nitrogen and oxygen atoms in total. The zero-order chi connectivity index (χ0) is 19.2. The van der Waals surface area contributed by atoms with Crippen LogP contribution in [0.25, 0.3) is 0 Å². The van der Waals surface area contributed by atoms with Crippen LogP contribution in [0.1, 0.15) is 27.7 Å². The lowest BCUT2D eigenvalue weighted by Gasteiger charge is -2.11. The van der Waals surface area contributed by atoms with Crippen LogP contribution in [0.15, 0.2) is 0 Å². The molecule has 0 spiro atoms. The van der Waals surface area contributed by atoms with Gasteiger partial charge in [-0.05, 0) is 13.8 Å². The first-order chi connectivity index (χ1) is 11.7. The lowest BCUT2D eigenvalue weighted by atomic mass is 10.4. The quantitative estimate of drug-likeness (QED) is 0.284. The first-order valence-corrected chi connectivity index (χ1v) is 8.18. The van der Waals surface area contributed by atoms with Gasteiger partial charge < -0.3 is 31.3 Å². The SMILES string of the molecule is CC(C)NCC(=O)NCC(=O)NCC(=O)NCCNC(=O)OC(C)C. The maximum absolute atomic E-state index is 11.5. The standard InChI is InChI=1S/C15H29N5O5/c1-10(2)18-7-13(22)20-9-14(23)19-8-12(21)16-5-6-17-15(24)25-11(3)4/h10-11,18H,5-9H2,1-4H3,(H,16,21)(H,17,24)(H,19,23)(H,20,22). The van der Waals surface area contributed by atoms with Crippen LogP contribution in [0.5, 0.6) is 0 Å². The maximum atomic E-state index is 11.5. The van der Waals surface area contributed by atoms with E-state index in [0.29, 0.717) is 0 Å². The molecule has 0 aliphatic rings. The van der Waals surface area contributed by atoms with Crippen LogP contribution in [0.4, 0.5) is 4.79 Å². The lowest BCUT2D eigenvalue weighted by Crippen LogP contribution is -2.45. The summed E-state index contributed by atoms with van der Waals surface area (Å²) in [5, 5.41) is 12.7. The van der Waals surface area contributed by atoms with E-state index in [0.717, 1.165) is 0 Å². The largest absolute Gasteiger partial charge is 0.447 e. The Labute approximate surface area is 147 Å². The van der Waals surface area contributed by atoms with Gasteiger partial charge in [0, 0.05) is 19.1 Å². The van der Waals surface area contributed by atoms with Crippen molar-refractivity contribution in [2.45, 2.75) is 39.8 Å². The normalized spacial score (nSPS) is 10.3. The smallest absolute Gasteiger partial charge is 0.407 e. The summed E-state index contributed by atoms with van der Waals surface area (Å²) in [6.07, 6.45) is -0.772. The van der Waals surface area contributed by atoms with Crippen molar-refractivity contribution in [1.29, 1.82) is 0 Å². The van der Waals surface area contributed by atoms with E-state index in [9.17, 15) is 19.2 Å². The van der Waals surface area contributed by atoms with Crippen molar-refractivity contribution in [3.05, 3.63) is 0 Å². The van der Waals surface area contributed by atoms with Gasteiger partial charge in [-0.1, -0.05) is 13.8 Å². The molecular weight excluding hydrogens is 330 g/mol. The maximum Gasteiger partial charge on any atom is 0.407 e. The minimum absolute atomic E-state index is 0.123. The zero-order valence-corrected chi connectivity index (χ0v) is 15.2. The van der Waals surface area contributed by atoms with Crippen LogP contribution in [-0.2, 0) is 19.1 Å². The molecule has 0 unspecified atom stereocenters. The van der Waals surface area contributed by atoms with Gasteiger partial charge in [0.15, 0.2) is 0 Å². The molecule has 5 N–H and O–H groups in total. The predicted octanol–water partition coefficient (Wildman–Crippen LogP) is -1.53. The van der Waals surface area contributed by atoms with Gasteiger partial charge in [-0.3, -0.25) is 14.4 Å². The Kier molecular flexibility index (Phi) is 11.8. The molecule has 0 aromatic heterocycles. The Balaban J connectivity index is 3.69. The highest BCUT2D eigenvalue weighted by molar-refractivity contribution is 5.88. The van der Waals surface area contributed by atoms with E-state index in [-0.39, 0.29) is 50.8 Å². The fourth-order valence-corrected chi connectivity index (χ4v) is 1.46. The van der Waals surface area contributed by atoms with E-state index >= 15 is 0 Å². The lowest BCUT2D eigenvalue weighted by molar-refractivity contribution is -0.127. The van der Waals surface area contributed by atoms with Crippen LogP contribution in [0.3, 0.4) is 0 Å². The summed E-state index contributed by atoms with van der Waals surface area (Å²) < 4.78 is 4.85. The fraction of sp³-hybridized carbons (Fsp3) is 0.733. The molecule has 25 heavy (non-hydrogen) atoms. The monoisotopic (exact) mass is 359 g/mol. The molecule has 0 bridgehead atoms. The minimum Gasteiger partial charge on any atom is -0.447 e. The van der Waals surface area contributed by atoms with Gasteiger partial charge in [0.05, 0.1) is 25.7 Å². The highest BCUT2D eigenvalue weighted by Gasteiger charge is 2.08. The van der Waals surface area contributed by atoms with Crippen molar-refractivity contribution < 1.29 is 23.9 Å². The van der Waals surface area contributed by atoms with Gasteiger partial charge >= 0.3 is 6.09 Å². The number of ether oxygens (including phenoxy) is 1. The third-order valence-electron chi connectivity index (χ3n) is 2.62. The second kappa shape index (κ2) is 13.0. The number of hydrogen-bond donors (Lipinski definition) is 5. The van der Waals surface area contributed by atoms with Crippen molar-refractivity contribution in [1.82, 2.24) is 26.6 Å². The number of carbonyl (C=O) groups excluding carboxylic acids is 4. The number of amides is 4. The van der Waals surface area contributed by atoms with Crippen LogP contribution in [-0.4, -0.2) is 68.7 Å². The van der Waals surface area contributed by atoms with E-state index in [1.807, 2.05) is 13.8 Å². The summed E-state index contributed by atoms with van der Waals surface area (Å²) in [7, 11) is 0. The molecule has 0 radical (unpaired) electrons. The fourth-order valence-electron chi connectivity index (χ4n) is 1.46. The van der Waals surface area contributed by atoms with Crippen molar-refractivity contribution in [2.75, 3.05) is 32.7 Å². The van der Waals surface area contributed by atoms with E-state index in [1.165, 1.54) is 0 Å². The van der Waals surface area contributed by atoms with E-state index in [1.54, 1.807) is 13.8 Å². The summed E-state index contributed by atoms with van der Waals surface area (Å²) >= 11 is 0. The average molecular weight is 359 g/mol. The van der Waals surface area contributed by atoms with E-state index in [2.05, 4.69) is 26.6 Å². The number of alkyl carbamates (subject to hydrolysis) is 1. The van der Waals surface area contributed by atoms with Crippen LogP contribution in [0.2, 0.25) is 0 Å². The van der Waals surface area contributed by atoms with E-state index < -0.39 is 17.9 Å². The predicted molar refractivity (Wildman–Crippen MR) is 91.8 cm³/mol. The van der Waals surface area contributed by atoms with Gasteiger partial charge in [0.2, 0.25) is 17.7 Å². The topological polar surface area (TPSA) is 138 Å². The first kappa shape index (κ1) is 22.6. The average Bonchev–Trinajstić information content (AvgIpc) is 2.52. The molecule has 0 saturated carbocycles. The Morgan fingerprint density at radius 1 is 0.720 bits per heavy atom. The molecule has 0 fully saturated rings. The molecule has 0 aromatic rings. The van der Waals surface area contributed by atoms with Crippen molar-refractivity contribution >= 4 is 23.8 Å². The Morgan fingerprint density at radius 3 is 1.72 bits per heavy atom. The van der Waals surface area contributed by atoms with Crippen molar-refractivity contribution in [3.8, 4) is 0 Å². The summed E-state index contributed by atoms with van der Waals surface area (Å²) in [6.45, 7) is 7.40. The molecule has 4 amide bonds. The molecule has 0 aliphatic heterocycles. The summed E-state index contributed by atoms with van der Waals surface area (Å²) in [5.74, 6) is -1.17.